The highest BCUT2D eigenvalue weighted by Gasteiger charge is 2.29. The van der Waals surface area contributed by atoms with Crippen LogP contribution < -0.4 is 5.56 Å². The van der Waals surface area contributed by atoms with Crippen LogP contribution in [0, 0.1) is 0 Å². The molecule has 2 aromatic carbocycles. The summed E-state index contributed by atoms with van der Waals surface area (Å²) in [6.07, 6.45) is 4.55. The highest BCUT2D eigenvalue weighted by molar-refractivity contribution is 7.18. The average Bonchev–Trinajstić information content (AvgIpc) is 3.24. The van der Waals surface area contributed by atoms with Gasteiger partial charge in [-0.3, -0.25) is 9.36 Å². The predicted octanol–water partition coefficient (Wildman–Crippen LogP) is 5.70. The van der Waals surface area contributed by atoms with Crippen LogP contribution in [0.1, 0.15) is 48.2 Å². The van der Waals surface area contributed by atoms with E-state index in [1.807, 2.05) is 67.6 Å². The van der Waals surface area contributed by atoms with Crippen LogP contribution in [0.25, 0.3) is 21.6 Å². The summed E-state index contributed by atoms with van der Waals surface area (Å²) in [5.74, 6) is 0.112. The number of hydrogen-bond acceptors (Lipinski definition) is 5. The van der Waals surface area contributed by atoms with E-state index in [-0.39, 0.29) is 12.2 Å². The van der Waals surface area contributed by atoms with Crippen LogP contribution in [-0.4, -0.2) is 15.5 Å². The number of rotatable bonds is 6. The first-order valence-electron chi connectivity index (χ1n) is 11.5. The molecule has 1 atom stereocenters. The number of carbonyl (C=O) groups is 1. The van der Waals surface area contributed by atoms with Gasteiger partial charge in [-0.15, -0.1) is 11.3 Å². The Kier molecular flexibility index (Phi) is 6.09. The molecule has 0 bridgehead atoms. The zero-order valence-corrected chi connectivity index (χ0v) is 19.4. The maximum absolute atomic E-state index is 14.0. The van der Waals surface area contributed by atoms with Crippen molar-refractivity contribution in [2.45, 2.75) is 51.7 Å². The van der Waals surface area contributed by atoms with Crippen LogP contribution in [0.15, 0.2) is 65.5 Å². The number of nitrogens with zero attached hydrogens (tertiary/aromatic N) is 2. The van der Waals surface area contributed by atoms with E-state index in [4.69, 9.17) is 9.72 Å². The van der Waals surface area contributed by atoms with Crippen LogP contribution in [0.2, 0.25) is 0 Å². The second kappa shape index (κ2) is 9.32. The van der Waals surface area contributed by atoms with E-state index in [9.17, 15) is 9.59 Å². The van der Waals surface area contributed by atoms with Crippen LogP contribution in [0.5, 0.6) is 0 Å². The van der Waals surface area contributed by atoms with Crippen molar-refractivity contribution >= 4 is 27.5 Å². The molecular weight excluding hydrogens is 432 g/mol. The standard InChI is InChI=1S/C27H26N2O3S/c1-2-21(27(31)32-17-18-11-5-3-6-12-18)29-24(19-13-7-4-8-14-19)28-25-23(26(29)30)20-15-9-10-16-22(20)33-25/h3-8,11-14,21H,2,9-10,15-17H2,1H3. The third kappa shape index (κ3) is 4.11. The van der Waals surface area contributed by atoms with Crippen molar-refractivity contribution in [2.24, 2.45) is 0 Å². The van der Waals surface area contributed by atoms with Crippen molar-refractivity contribution in [3.8, 4) is 11.4 Å². The number of thiophene rings is 1. The maximum atomic E-state index is 14.0. The Morgan fingerprint density at radius 2 is 1.76 bits per heavy atom. The Morgan fingerprint density at radius 1 is 1.06 bits per heavy atom. The van der Waals surface area contributed by atoms with Crippen LogP contribution in [-0.2, 0) is 29.0 Å². The van der Waals surface area contributed by atoms with Crippen molar-refractivity contribution in [3.05, 3.63) is 87.0 Å². The van der Waals surface area contributed by atoms with Crippen molar-refractivity contribution in [2.75, 3.05) is 0 Å². The molecule has 1 aliphatic carbocycles. The Morgan fingerprint density at radius 3 is 2.48 bits per heavy atom. The molecular formula is C27H26N2O3S. The number of aryl methyl sites for hydroxylation is 2. The molecule has 4 aromatic rings. The first-order valence-corrected chi connectivity index (χ1v) is 12.3. The largest absolute Gasteiger partial charge is 0.459 e. The van der Waals surface area contributed by atoms with Crippen molar-refractivity contribution in [3.63, 3.8) is 0 Å². The molecule has 0 radical (unpaired) electrons. The maximum Gasteiger partial charge on any atom is 0.329 e. The molecule has 5 rings (SSSR count). The molecule has 1 aliphatic rings. The first-order chi connectivity index (χ1) is 16.2. The zero-order chi connectivity index (χ0) is 22.8. The molecule has 33 heavy (non-hydrogen) atoms. The molecule has 168 valence electrons. The van der Waals surface area contributed by atoms with Gasteiger partial charge in [-0.1, -0.05) is 67.6 Å². The van der Waals surface area contributed by atoms with Crippen LogP contribution >= 0.6 is 11.3 Å². The van der Waals surface area contributed by atoms with Gasteiger partial charge in [0, 0.05) is 10.4 Å². The summed E-state index contributed by atoms with van der Waals surface area (Å²) in [4.78, 5) is 34.2. The zero-order valence-electron chi connectivity index (χ0n) is 18.6. The van der Waals surface area contributed by atoms with Crippen molar-refractivity contribution in [1.29, 1.82) is 0 Å². The summed E-state index contributed by atoms with van der Waals surface area (Å²) in [6, 6.07) is 18.5. The van der Waals surface area contributed by atoms with E-state index in [1.165, 1.54) is 4.88 Å². The Balaban J connectivity index is 1.63. The Hall–Kier alpha value is -3.25. The summed E-state index contributed by atoms with van der Waals surface area (Å²) in [5, 5.41) is 0.684. The Labute approximate surface area is 196 Å². The lowest BCUT2D eigenvalue weighted by atomic mass is 9.97. The number of esters is 1. The van der Waals surface area contributed by atoms with E-state index < -0.39 is 12.0 Å². The second-order valence-corrected chi connectivity index (χ2v) is 9.47. The number of aromatic nitrogens is 2. The fourth-order valence-corrected chi connectivity index (χ4v) is 5.83. The van der Waals surface area contributed by atoms with Crippen LogP contribution in [0.4, 0.5) is 0 Å². The molecule has 0 spiro atoms. The fraction of sp³-hybridized carbons (Fsp3) is 0.296. The predicted molar refractivity (Wildman–Crippen MR) is 132 cm³/mol. The fourth-order valence-electron chi connectivity index (χ4n) is 4.58. The van der Waals surface area contributed by atoms with Crippen molar-refractivity contribution in [1.82, 2.24) is 9.55 Å². The third-order valence-electron chi connectivity index (χ3n) is 6.25. The number of carbonyl (C=O) groups excluding carboxylic acids is 1. The molecule has 2 heterocycles. The normalized spacial score (nSPS) is 14.1. The molecule has 0 N–H and O–H groups in total. The summed E-state index contributed by atoms with van der Waals surface area (Å²) < 4.78 is 7.24. The molecule has 0 saturated heterocycles. The van der Waals surface area contributed by atoms with Crippen molar-refractivity contribution < 1.29 is 9.53 Å². The molecule has 0 amide bonds. The van der Waals surface area contributed by atoms with E-state index in [0.717, 1.165) is 47.2 Å². The lowest BCUT2D eigenvalue weighted by Crippen LogP contribution is -2.33. The minimum atomic E-state index is -0.743. The third-order valence-corrected chi connectivity index (χ3v) is 7.43. The van der Waals surface area contributed by atoms with Gasteiger partial charge >= 0.3 is 5.97 Å². The lowest BCUT2D eigenvalue weighted by Gasteiger charge is -2.21. The van der Waals surface area contributed by atoms with Gasteiger partial charge in [0.25, 0.3) is 5.56 Å². The smallest absolute Gasteiger partial charge is 0.329 e. The number of hydrogen-bond donors (Lipinski definition) is 0. The SMILES string of the molecule is CCC(C(=O)OCc1ccccc1)n1c(-c2ccccc2)nc2sc3c(c2c1=O)CCCC3. The molecule has 5 nitrogen and oxygen atoms in total. The topological polar surface area (TPSA) is 61.2 Å². The molecule has 0 fully saturated rings. The lowest BCUT2D eigenvalue weighted by molar-refractivity contribution is -0.149. The molecule has 1 unspecified atom stereocenters. The number of benzene rings is 2. The van der Waals surface area contributed by atoms with Gasteiger partial charge < -0.3 is 4.74 Å². The van der Waals surface area contributed by atoms with Gasteiger partial charge in [0.05, 0.1) is 5.39 Å². The van der Waals surface area contributed by atoms with Gasteiger partial charge in [-0.05, 0) is 43.2 Å². The van der Waals surface area contributed by atoms with E-state index in [1.54, 1.807) is 15.9 Å². The molecule has 2 aromatic heterocycles. The van der Waals surface area contributed by atoms with Gasteiger partial charge in [0.15, 0.2) is 0 Å². The van der Waals surface area contributed by atoms with Crippen LogP contribution in [0.3, 0.4) is 0 Å². The summed E-state index contributed by atoms with van der Waals surface area (Å²) >= 11 is 1.63. The van der Waals surface area contributed by atoms with Gasteiger partial charge in [-0.25, -0.2) is 9.78 Å². The number of ether oxygens (including phenoxy) is 1. The molecule has 0 saturated carbocycles. The summed E-state index contributed by atoms with van der Waals surface area (Å²) in [6.45, 7) is 2.08. The Bertz CT molecular complexity index is 1340. The number of fused-ring (bicyclic) bond motifs is 3. The average molecular weight is 459 g/mol. The minimum absolute atomic E-state index is 0.137. The van der Waals surface area contributed by atoms with Gasteiger partial charge in [0.1, 0.15) is 23.3 Å². The highest BCUT2D eigenvalue weighted by atomic mass is 32.1. The van der Waals surface area contributed by atoms with E-state index >= 15 is 0 Å². The monoisotopic (exact) mass is 458 g/mol. The summed E-state index contributed by atoms with van der Waals surface area (Å²) in [5.41, 5.74) is 2.72. The quantitative estimate of drug-likeness (QED) is 0.348. The first kappa shape index (κ1) is 21.6. The minimum Gasteiger partial charge on any atom is -0.459 e. The highest BCUT2D eigenvalue weighted by Crippen LogP contribution is 2.35. The van der Waals surface area contributed by atoms with E-state index in [2.05, 4.69) is 0 Å². The molecule has 0 aliphatic heterocycles. The van der Waals surface area contributed by atoms with E-state index in [0.29, 0.717) is 17.6 Å². The summed E-state index contributed by atoms with van der Waals surface area (Å²) in [7, 11) is 0. The molecule has 6 heteroatoms. The van der Waals surface area contributed by atoms with Gasteiger partial charge in [-0.2, -0.15) is 0 Å². The van der Waals surface area contributed by atoms with Gasteiger partial charge in [0.2, 0.25) is 0 Å². The second-order valence-electron chi connectivity index (χ2n) is 8.38.